The van der Waals surface area contributed by atoms with Gasteiger partial charge in [0, 0.05) is 4.47 Å². The third-order valence-electron chi connectivity index (χ3n) is 2.16. The predicted octanol–water partition coefficient (Wildman–Crippen LogP) is 1.32. The van der Waals surface area contributed by atoms with Gasteiger partial charge in [-0.05, 0) is 30.2 Å². The van der Waals surface area contributed by atoms with Crippen LogP contribution in [0, 0.1) is 0 Å². The lowest BCUT2D eigenvalue weighted by atomic mass is 9.98. The highest BCUT2D eigenvalue weighted by molar-refractivity contribution is 9.10. The zero-order valence-corrected chi connectivity index (χ0v) is 9.53. The van der Waals surface area contributed by atoms with Gasteiger partial charge in [-0.3, -0.25) is 0 Å². The highest BCUT2D eigenvalue weighted by Gasteiger charge is 2.15. The zero-order chi connectivity index (χ0) is 10.7. The van der Waals surface area contributed by atoms with E-state index in [9.17, 15) is 5.11 Å². The fourth-order valence-corrected chi connectivity index (χ4v) is 1.66. The summed E-state index contributed by atoms with van der Waals surface area (Å²) in [5.74, 6) is 0. The molecule has 1 rings (SSSR count). The van der Waals surface area contributed by atoms with E-state index in [1.54, 1.807) is 13.0 Å². The summed E-state index contributed by atoms with van der Waals surface area (Å²) in [4.78, 5) is 0. The fourth-order valence-electron chi connectivity index (χ4n) is 1.28. The second kappa shape index (κ2) is 4.89. The molecule has 0 spiro atoms. The first-order valence-electron chi connectivity index (χ1n) is 4.39. The Hall–Kier alpha value is -0.420. The standard InChI is InChI=1S/C10H14BrNO2/c1-6(14)10(12)9-4-8(11)3-2-7(9)5-13/h2-4,6,10,13-14H,5,12H2,1H3/t6-,10+/m1/s1. The molecule has 0 saturated carbocycles. The average molecular weight is 260 g/mol. The van der Waals surface area contributed by atoms with Gasteiger partial charge in [0.2, 0.25) is 0 Å². The number of aliphatic hydroxyl groups is 2. The van der Waals surface area contributed by atoms with E-state index in [1.165, 1.54) is 0 Å². The first-order valence-corrected chi connectivity index (χ1v) is 5.18. The van der Waals surface area contributed by atoms with Crippen molar-refractivity contribution in [2.45, 2.75) is 25.7 Å². The summed E-state index contributed by atoms with van der Waals surface area (Å²) in [6, 6.07) is 4.99. The van der Waals surface area contributed by atoms with E-state index in [4.69, 9.17) is 10.8 Å². The van der Waals surface area contributed by atoms with Crippen LogP contribution in [0.2, 0.25) is 0 Å². The first-order chi connectivity index (χ1) is 6.56. The van der Waals surface area contributed by atoms with Gasteiger partial charge in [0.05, 0.1) is 18.8 Å². The Kier molecular flexibility index (Phi) is 4.07. The van der Waals surface area contributed by atoms with Crippen LogP contribution in [0.4, 0.5) is 0 Å². The topological polar surface area (TPSA) is 66.5 Å². The highest BCUT2D eigenvalue weighted by Crippen LogP contribution is 2.23. The summed E-state index contributed by atoms with van der Waals surface area (Å²) in [6.45, 7) is 1.57. The zero-order valence-electron chi connectivity index (χ0n) is 7.94. The van der Waals surface area contributed by atoms with Crippen molar-refractivity contribution in [1.29, 1.82) is 0 Å². The normalized spacial score (nSPS) is 15.2. The van der Waals surface area contributed by atoms with Gasteiger partial charge >= 0.3 is 0 Å². The number of hydrogen-bond donors (Lipinski definition) is 3. The largest absolute Gasteiger partial charge is 0.392 e. The Labute approximate surface area is 91.7 Å². The van der Waals surface area contributed by atoms with Gasteiger partial charge < -0.3 is 15.9 Å². The van der Waals surface area contributed by atoms with E-state index in [0.717, 1.165) is 15.6 Å². The molecule has 1 aromatic carbocycles. The number of rotatable bonds is 3. The molecule has 0 radical (unpaired) electrons. The van der Waals surface area contributed by atoms with Crippen LogP contribution in [0.5, 0.6) is 0 Å². The SMILES string of the molecule is C[C@@H](O)[C@H](N)c1cc(Br)ccc1CO. The second-order valence-corrected chi connectivity index (χ2v) is 4.18. The number of benzene rings is 1. The Bertz CT molecular complexity index is 315. The minimum atomic E-state index is -0.630. The molecule has 0 heterocycles. The summed E-state index contributed by atoms with van der Waals surface area (Å²) in [5.41, 5.74) is 7.33. The Morgan fingerprint density at radius 2 is 2.14 bits per heavy atom. The van der Waals surface area contributed by atoms with Crippen molar-refractivity contribution in [2.75, 3.05) is 0 Å². The molecule has 0 aliphatic rings. The smallest absolute Gasteiger partial charge is 0.0704 e. The minimum Gasteiger partial charge on any atom is -0.392 e. The molecule has 14 heavy (non-hydrogen) atoms. The van der Waals surface area contributed by atoms with Gasteiger partial charge in [0.25, 0.3) is 0 Å². The lowest BCUT2D eigenvalue weighted by Crippen LogP contribution is -2.24. The molecule has 78 valence electrons. The van der Waals surface area contributed by atoms with Crippen molar-refractivity contribution in [2.24, 2.45) is 5.73 Å². The molecule has 1 aromatic rings. The Balaban J connectivity index is 3.10. The van der Waals surface area contributed by atoms with Gasteiger partial charge in [-0.15, -0.1) is 0 Å². The maximum Gasteiger partial charge on any atom is 0.0704 e. The van der Waals surface area contributed by atoms with Crippen LogP contribution in [0.1, 0.15) is 24.1 Å². The van der Waals surface area contributed by atoms with E-state index in [2.05, 4.69) is 15.9 Å². The van der Waals surface area contributed by atoms with Crippen LogP contribution < -0.4 is 5.73 Å². The van der Waals surface area contributed by atoms with E-state index in [1.807, 2.05) is 12.1 Å². The highest BCUT2D eigenvalue weighted by atomic mass is 79.9. The van der Waals surface area contributed by atoms with Crippen molar-refractivity contribution in [3.05, 3.63) is 33.8 Å². The van der Waals surface area contributed by atoms with Crippen molar-refractivity contribution < 1.29 is 10.2 Å². The molecular weight excluding hydrogens is 246 g/mol. The molecule has 0 unspecified atom stereocenters. The molecule has 0 bridgehead atoms. The maximum absolute atomic E-state index is 9.36. The third kappa shape index (κ3) is 2.54. The fraction of sp³-hybridized carbons (Fsp3) is 0.400. The van der Waals surface area contributed by atoms with Crippen LogP contribution in [0.25, 0.3) is 0 Å². The molecular formula is C10H14BrNO2. The summed E-state index contributed by atoms with van der Waals surface area (Å²) < 4.78 is 0.890. The van der Waals surface area contributed by atoms with Crippen molar-refractivity contribution in [3.8, 4) is 0 Å². The van der Waals surface area contributed by atoms with Crippen molar-refractivity contribution in [3.63, 3.8) is 0 Å². The van der Waals surface area contributed by atoms with E-state index in [0.29, 0.717) is 0 Å². The van der Waals surface area contributed by atoms with Gasteiger partial charge in [-0.1, -0.05) is 22.0 Å². The molecule has 4 N–H and O–H groups in total. The Morgan fingerprint density at radius 1 is 1.50 bits per heavy atom. The molecule has 4 heteroatoms. The van der Waals surface area contributed by atoms with Gasteiger partial charge in [0.1, 0.15) is 0 Å². The van der Waals surface area contributed by atoms with Crippen LogP contribution in [0.15, 0.2) is 22.7 Å². The van der Waals surface area contributed by atoms with Crippen LogP contribution >= 0.6 is 15.9 Å². The van der Waals surface area contributed by atoms with Crippen LogP contribution in [-0.2, 0) is 6.61 Å². The third-order valence-corrected chi connectivity index (χ3v) is 2.65. The van der Waals surface area contributed by atoms with Crippen molar-refractivity contribution in [1.82, 2.24) is 0 Å². The lowest BCUT2D eigenvalue weighted by Gasteiger charge is -2.18. The summed E-state index contributed by atoms with van der Waals surface area (Å²) >= 11 is 3.32. The minimum absolute atomic E-state index is 0.0664. The van der Waals surface area contributed by atoms with Gasteiger partial charge in [0.15, 0.2) is 0 Å². The summed E-state index contributed by atoms with van der Waals surface area (Å²) in [6.07, 6.45) is -0.630. The van der Waals surface area contributed by atoms with E-state index in [-0.39, 0.29) is 6.61 Å². The molecule has 0 amide bonds. The van der Waals surface area contributed by atoms with E-state index < -0.39 is 12.1 Å². The first kappa shape index (κ1) is 11.7. The summed E-state index contributed by atoms with van der Waals surface area (Å²) in [7, 11) is 0. The Morgan fingerprint density at radius 3 is 2.64 bits per heavy atom. The van der Waals surface area contributed by atoms with Crippen molar-refractivity contribution >= 4 is 15.9 Å². The van der Waals surface area contributed by atoms with Gasteiger partial charge in [-0.25, -0.2) is 0 Å². The second-order valence-electron chi connectivity index (χ2n) is 3.27. The predicted molar refractivity (Wildman–Crippen MR) is 58.7 cm³/mol. The average Bonchev–Trinajstić information content (AvgIpc) is 2.16. The number of aliphatic hydroxyl groups excluding tert-OH is 2. The molecule has 0 aliphatic carbocycles. The molecule has 0 aromatic heterocycles. The summed E-state index contributed by atoms with van der Waals surface area (Å²) in [5, 5.41) is 18.5. The van der Waals surface area contributed by atoms with E-state index >= 15 is 0 Å². The molecule has 0 aliphatic heterocycles. The van der Waals surface area contributed by atoms with Gasteiger partial charge in [-0.2, -0.15) is 0 Å². The number of hydrogen-bond acceptors (Lipinski definition) is 3. The molecule has 2 atom stereocenters. The lowest BCUT2D eigenvalue weighted by molar-refractivity contribution is 0.163. The molecule has 3 nitrogen and oxygen atoms in total. The molecule has 0 fully saturated rings. The quantitative estimate of drug-likeness (QED) is 0.767. The number of halogens is 1. The molecule has 0 saturated heterocycles. The number of nitrogens with two attached hydrogens (primary N) is 1. The monoisotopic (exact) mass is 259 g/mol. The maximum atomic E-state index is 9.36. The van der Waals surface area contributed by atoms with Crippen LogP contribution in [0.3, 0.4) is 0 Å². The van der Waals surface area contributed by atoms with Crippen LogP contribution in [-0.4, -0.2) is 16.3 Å².